The van der Waals surface area contributed by atoms with E-state index in [1.54, 1.807) is 30.9 Å². The molecule has 0 bridgehead atoms. The Morgan fingerprint density at radius 1 is 1.14 bits per heavy atom. The second-order valence-corrected chi connectivity index (χ2v) is 8.40. The first-order chi connectivity index (χ1) is 16.5. The molecule has 2 amide bonds. The van der Waals surface area contributed by atoms with Crippen molar-refractivity contribution in [1.82, 2.24) is 9.88 Å². The number of alkyl halides is 2. The Morgan fingerprint density at radius 2 is 1.89 bits per heavy atom. The number of nitrogens with zero attached hydrogens (tertiary/aromatic N) is 2. The lowest BCUT2D eigenvalue weighted by atomic mass is 9.96. The van der Waals surface area contributed by atoms with Gasteiger partial charge in [-0.25, -0.2) is 9.78 Å². The molecule has 1 aliphatic rings. The predicted molar refractivity (Wildman–Crippen MR) is 120 cm³/mol. The van der Waals surface area contributed by atoms with E-state index in [0.717, 1.165) is 5.56 Å². The van der Waals surface area contributed by atoms with Gasteiger partial charge >= 0.3 is 12.6 Å². The Labute approximate surface area is 201 Å². The highest BCUT2D eigenvalue weighted by Crippen LogP contribution is 2.38. The van der Waals surface area contributed by atoms with Gasteiger partial charge in [-0.05, 0) is 50.1 Å². The molecule has 1 aromatic carbocycles. The van der Waals surface area contributed by atoms with Crippen LogP contribution in [-0.2, 0) is 9.53 Å². The standard InChI is InChI=1S/C24H27F2N3O6/c1-13(2)34-21-9-15(5-7-20(21)35-24(25)26)17-8-18(29(11-17)14(3)30)12-33-23(32)19-6-4-16(10-28-19)22(27)31/h4-7,9-10,13,17-18,24H,8,11-12H2,1-3H3,(H2,27,31)/t17-,18-/m1/s1. The van der Waals surface area contributed by atoms with Crippen LogP contribution in [0.5, 0.6) is 11.5 Å². The number of pyridine rings is 1. The van der Waals surface area contributed by atoms with Crippen molar-refractivity contribution in [3.8, 4) is 11.5 Å². The van der Waals surface area contributed by atoms with Gasteiger partial charge in [0.25, 0.3) is 0 Å². The van der Waals surface area contributed by atoms with E-state index in [0.29, 0.717) is 13.0 Å². The summed E-state index contributed by atoms with van der Waals surface area (Å²) in [4.78, 5) is 41.3. The van der Waals surface area contributed by atoms with Gasteiger partial charge in [0, 0.05) is 25.6 Å². The summed E-state index contributed by atoms with van der Waals surface area (Å²) in [6.45, 7) is 2.28. The van der Waals surface area contributed by atoms with Gasteiger partial charge in [-0.2, -0.15) is 8.78 Å². The average Bonchev–Trinajstić information content (AvgIpc) is 3.22. The fourth-order valence-corrected chi connectivity index (χ4v) is 3.93. The molecule has 35 heavy (non-hydrogen) atoms. The summed E-state index contributed by atoms with van der Waals surface area (Å²) < 4.78 is 41.1. The van der Waals surface area contributed by atoms with Crippen molar-refractivity contribution < 1.29 is 37.4 Å². The minimum Gasteiger partial charge on any atom is -0.487 e. The van der Waals surface area contributed by atoms with Crippen LogP contribution in [0.2, 0.25) is 0 Å². The highest BCUT2D eigenvalue weighted by molar-refractivity contribution is 5.93. The molecule has 1 aliphatic heterocycles. The summed E-state index contributed by atoms with van der Waals surface area (Å²) in [7, 11) is 0. The zero-order valence-electron chi connectivity index (χ0n) is 19.6. The van der Waals surface area contributed by atoms with Crippen molar-refractivity contribution in [3.05, 3.63) is 53.3 Å². The zero-order chi connectivity index (χ0) is 25.7. The molecule has 9 nitrogen and oxygen atoms in total. The minimum absolute atomic E-state index is 0.00372. The topological polar surface area (TPSA) is 121 Å². The SMILES string of the molecule is CC(=O)N1C[C@H](c2ccc(OC(F)F)c(OC(C)C)c2)C[C@@H]1COC(=O)c1ccc(C(N)=O)cn1. The second-order valence-electron chi connectivity index (χ2n) is 8.40. The summed E-state index contributed by atoms with van der Waals surface area (Å²) in [6, 6.07) is 7.04. The number of carbonyl (C=O) groups excluding carboxylic acids is 3. The van der Waals surface area contributed by atoms with Gasteiger partial charge in [0.15, 0.2) is 11.5 Å². The number of rotatable bonds is 9. The average molecular weight is 491 g/mol. The lowest BCUT2D eigenvalue weighted by Gasteiger charge is -2.22. The van der Waals surface area contributed by atoms with Crippen molar-refractivity contribution in [3.63, 3.8) is 0 Å². The molecule has 0 saturated carbocycles. The van der Waals surface area contributed by atoms with Gasteiger partial charge in [-0.15, -0.1) is 0 Å². The molecule has 0 spiro atoms. The van der Waals surface area contributed by atoms with Crippen LogP contribution in [0.3, 0.4) is 0 Å². The van der Waals surface area contributed by atoms with E-state index < -0.39 is 24.5 Å². The molecule has 2 aromatic rings. The number of likely N-dealkylation sites (tertiary alicyclic amines) is 1. The van der Waals surface area contributed by atoms with Crippen LogP contribution in [-0.4, -0.2) is 59.6 Å². The molecule has 1 aromatic heterocycles. The van der Waals surface area contributed by atoms with Crippen LogP contribution >= 0.6 is 0 Å². The number of nitrogens with two attached hydrogens (primary N) is 1. The van der Waals surface area contributed by atoms with Gasteiger partial charge in [0.1, 0.15) is 12.3 Å². The fraction of sp³-hybridized carbons (Fsp3) is 0.417. The Morgan fingerprint density at radius 3 is 2.46 bits per heavy atom. The van der Waals surface area contributed by atoms with E-state index in [2.05, 4.69) is 9.72 Å². The van der Waals surface area contributed by atoms with E-state index in [1.807, 2.05) is 0 Å². The molecule has 0 aliphatic carbocycles. The largest absolute Gasteiger partial charge is 0.487 e. The van der Waals surface area contributed by atoms with Crippen molar-refractivity contribution in [2.24, 2.45) is 5.73 Å². The molecule has 1 saturated heterocycles. The Hall–Kier alpha value is -3.76. The molecule has 2 atom stereocenters. The second kappa shape index (κ2) is 11.1. The highest BCUT2D eigenvalue weighted by Gasteiger charge is 2.36. The molecule has 3 rings (SSSR count). The third-order valence-corrected chi connectivity index (χ3v) is 5.50. The Bertz CT molecular complexity index is 1080. The first-order valence-electron chi connectivity index (χ1n) is 11.0. The van der Waals surface area contributed by atoms with E-state index in [-0.39, 0.29) is 47.3 Å². The number of esters is 1. The molecule has 0 radical (unpaired) electrons. The van der Waals surface area contributed by atoms with Gasteiger partial charge in [0.05, 0.1) is 17.7 Å². The summed E-state index contributed by atoms with van der Waals surface area (Å²) in [5.74, 6) is -1.57. The third-order valence-electron chi connectivity index (χ3n) is 5.50. The first kappa shape index (κ1) is 25.9. The van der Waals surface area contributed by atoms with Gasteiger partial charge < -0.3 is 24.8 Å². The normalized spacial score (nSPS) is 17.5. The minimum atomic E-state index is -2.99. The monoisotopic (exact) mass is 491 g/mol. The molecule has 1 fully saturated rings. The smallest absolute Gasteiger partial charge is 0.387 e. The van der Waals surface area contributed by atoms with Crippen molar-refractivity contribution in [2.45, 2.75) is 51.9 Å². The maximum absolute atomic E-state index is 12.8. The number of carbonyl (C=O) groups is 3. The van der Waals surface area contributed by atoms with E-state index in [4.69, 9.17) is 15.2 Å². The van der Waals surface area contributed by atoms with Crippen LogP contribution in [0, 0.1) is 0 Å². The summed E-state index contributed by atoms with van der Waals surface area (Å²) in [5, 5.41) is 0. The number of benzene rings is 1. The first-order valence-corrected chi connectivity index (χ1v) is 11.0. The number of hydrogen-bond acceptors (Lipinski definition) is 7. The van der Waals surface area contributed by atoms with E-state index in [1.165, 1.54) is 31.3 Å². The number of ether oxygens (including phenoxy) is 3. The van der Waals surface area contributed by atoms with Crippen molar-refractivity contribution >= 4 is 17.8 Å². The lowest BCUT2D eigenvalue weighted by Crippen LogP contribution is -2.37. The van der Waals surface area contributed by atoms with Crippen LogP contribution in [0.15, 0.2) is 36.5 Å². The summed E-state index contributed by atoms with van der Waals surface area (Å²) in [6.07, 6.45) is 1.40. The number of amides is 2. The molecular weight excluding hydrogens is 464 g/mol. The van der Waals surface area contributed by atoms with Crippen molar-refractivity contribution in [2.75, 3.05) is 13.2 Å². The molecule has 11 heteroatoms. The van der Waals surface area contributed by atoms with Crippen LogP contribution in [0.1, 0.15) is 59.5 Å². The number of primary amides is 1. The molecule has 0 unspecified atom stereocenters. The molecule has 2 N–H and O–H groups in total. The number of halogens is 2. The fourth-order valence-electron chi connectivity index (χ4n) is 3.93. The molecule has 188 valence electrons. The zero-order valence-corrected chi connectivity index (χ0v) is 19.6. The number of hydrogen-bond donors (Lipinski definition) is 1. The maximum atomic E-state index is 12.8. The maximum Gasteiger partial charge on any atom is 0.387 e. The number of aromatic nitrogens is 1. The van der Waals surface area contributed by atoms with Gasteiger partial charge in [0.2, 0.25) is 11.8 Å². The van der Waals surface area contributed by atoms with Gasteiger partial charge in [-0.1, -0.05) is 6.07 Å². The lowest BCUT2D eigenvalue weighted by molar-refractivity contribution is -0.130. The Balaban J connectivity index is 1.72. The van der Waals surface area contributed by atoms with Crippen molar-refractivity contribution in [1.29, 1.82) is 0 Å². The summed E-state index contributed by atoms with van der Waals surface area (Å²) in [5.41, 5.74) is 6.12. The van der Waals surface area contributed by atoms with Crippen LogP contribution < -0.4 is 15.2 Å². The predicted octanol–water partition coefficient (Wildman–Crippen LogP) is 3.13. The Kier molecular flexibility index (Phi) is 8.21. The molecule has 2 heterocycles. The van der Waals surface area contributed by atoms with Gasteiger partial charge in [-0.3, -0.25) is 9.59 Å². The molecular formula is C24H27F2N3O6. The third kappa shape index (κ3) is 6.65. The van der Waals surface area contributed by atoms with E-state index >= 15 is 0 Å². The van der Waals surface area contributed by atoms with Crippen LogP contribution in [0.4, 0.5) is 8.78 Å². The quantitative estimate of drug-likeness (QED) is 0.535. The summed E-state index contributed by atoms with van der Waals surface area (Å²) >= 11 is 0. The van der Waals surface area contributed by atoms with E-state index in [9.17, 15) is 23.2 Å². The highest BCUT2D eigenvalue weighted by atomic mass is 19.3. The van der Waals surface area contributed by atoms with Crippen LogP contribution in [0.25, 0.3) is 0 Å².